The van der Waals surface area contributed by atoms with Crippen molar-refractivity contribution in [2.24, 2.45) is 0 Å². The number of non-ortho nitro benzene ring substituents is 1. The zero-order chi connectivity index (χ0) is 18.2. The number of nitrogens with zero attached hydrogens (tertiary/aromatic N) is 1. The van der Waals surface area contributed by atoms with Crippen LogP contribution in [-0.2, 0) is 4.79 Å². The molecule has 2 N–H and O–H groups in total. The molecule has 0 aliphatic carbocycles. The minimum atomic E-state index is -0.456. The molecule has 2 rings (SSSR count). The van der Waals surface area contributed by atoms with Gasteiger partial charge in [-0.25, -0.2) is 0 Å². The SMILES string of the molecule is C[NH+](C)C[C@@H](NC(=O)/C=C/c1cccc([N+](=O)[O-])c1)c1ccccc1. The first-order valence-electron chi connectivity index (χ1n) is 8.02. The molecule has 0 aromatic heterocycles. The number of benzene rings is 2. The van der Waals surface area contributed by atoms with Crippen molar-refractivity contribution in [1.29, 1.82) is 0 Å². The van der Waals surface area contributed by atoms with Crippen molar-refractivity contribution in [2.75, 3.05) is 20.6 Å². The molecule has 0 saturated carbocycles. The van der Waals surface area contributed by atoms with Gasteiger partial charge in [-0.1, -0.05) is 42.5 Å². The summed E-state index contributed by atoms with van der Waals surface area (Å²) in [4.78, 5) is 23.8. The molecule has 0 spiro atoms. The number of likely N-dealkylation sites (N-methyl/N-ethyl adjacent to an activating group) is 1. The molecule has 6 heteroatoms. The van der Waals surface area contributed by atoms with Gasteiger partial charge >= 0.3 is 0 Å². The lowest BCUT2D eigenvalue weighted by molar-refractivity contribution is -0.860. The molecule has 0 heterocycles. The quantitative estimate of drug-likeness (QED) is 0.457. The molecule has 1 amide bonds. The Balaban J connectivity index is 2.08. The van der Waals surface area contributed by atoms with E-state index in [0.29, 0.717) is 5.56 Å². The normalized spacial score (nSPS) is 12.3. The monoisotopic (exact) mass is 340 g/mol. The molecule has 0 fully saturated rings. The highest BCUT2D eigenvalue weighted by atomic mass is 16.6. The summed E-state index contributed by atoms with van der Waals surface area (Å²) in [7, 11) is 4.06. The fraction of sp³-hybridized carbons (Fsp3) is 0.211. The van der Waals surface area contributed by atoms with E-state index in [9.17, 15) is 14.9 Å². The Bertz CT molecular complexity index is 758. The zero-order valence-corrected chi connectivity index (χ0v) is 14.3. The third kappa shape index (κ3) is 5.86. The average molecular weight is 340 g/mol. The second-order valence-electron chi connectivity index (χ2n) is 6.07. The number of carbonyl (C=O) groups excluding carboxylic acids is 1. The molecule has 6 nitrogen and oxygen atoms in total. The Hall–Kier alpha value is -2.99. The number of hydrogen-bond acceptors (Lipinski definition) is 3. The summed E-state index contributed by atoms with van der Waals surface area (Å²) in [6.07, 6.45) is 2.98. The fourth-order valence-corrected chi connectivity index (χ4v) is 2.48. The van der Waals surface area contributed by atoms with Crippen molar-refractivity contribution < 1.29 is 14.6 Å². The Morgan fingerprint density at radius 3 is 2.56 bits per heavy atom. The summed E-state index contributed by atoms with van der Waals surface area (Å²) < 4.78 is 0. The lowest BCUT2D eigenvalue weighted by atomic mass is 10.1. The van der Waals surface area contributed by atoms with E-state index in [0.717, 1.165) is 12.1 Å². The van der Waals surface area contributed by atoms with E-state index in [1.807, 2.05) is 44.4 Å². The summed E-state index contributed by atoms with van der Waals surface area (Å²) in [5.74, 6) is -0.235. The van der Waals surface area contributed by atoms with Gasteiger partial charge in [0.25, 0.3) is 5.69 Å². The third-order valence-corrected chi connectivity index (χ3v) is 3.64. The number of nitro benzene ring substituents is 1. The maximum Gasteiger partial charge on any atom is 0.270 e. The number of rotatable bonds is 7. The van der Waals surface area contributed by atoms with Crippen LogP contribution in [0, 0.1) is 10.1 Å². The smallest absolute Gasteiger partial charge is 0.270 e. The van der Waals surface area contributed by atoms with Gasteiger partial charge < -0.3 is 10.2 Å². The average Bonchev–Trinajstić information content (AvgIpc) is 2.60. The van der Waals surface area contributed by atoms with E-state index in [1.165, 1.54) is 23.1 Å². The van der Waals surface area contributed by atoms with Gasteiger partial charge in [-0.05, 0) is 17.2 Å². The van der Waals surface area contributed by atoms with Gasteiger partial charge in [0.05, 0.1) is 19.0 Å². The van der Waals surface area contributed by atoms with Crippen molar-refractivity contribution in [1.82, 2.24) is 5.32 Å². The molecule has 0 aliphatic rings. The summed E-state index contributed by atoms with van der Waals surface area (Å²) in [5.41, 5.74) is 1.65. The number of nitrogens with one attached hydrogen (secondary N) is 2. The van der Waals surface area contributed by atoms with Crippen LogP contribution in [0.5, 0.6) is 0 Å². The lowest BCUT2D eigenvalue weighted by Crippen LogP contribution is -3.06. The molecule has 0 bridgehead atoms. The highest BCUT2D eigenvalue weighted by molar-refractivity contribution is 5.92. The highest BCUT2D eigenvalue weighted by Crippen LogP contribution is 2.14. The van der Waals surface area contributed by atoms with Gasteiger partial charge in [-0.3, -0.25) is 14.9 Å². The van der Waals surface area contributed by atoms with Crippen LogP contribution in [0.15, 0.2) is 60.7 Å². The fourth-order valence-electron chi connectivity index (χ4n) is 2.48. The van der Waals surface area contributed by atoms with Crippen LogP contribution in [0.3, 0.4) is 0 Å². The minimum absolute atomic E-state index is 0.000859. The number of quaternary nitrogens is 1. The number of amides is 1. The first-order chi connectivity index (χ1) is 12.0. The van der Waals surface area contributed by atoms with Gasteiger partial charge in [-0.15, -0.1) is 0 Å². The van der Waals surface area contributed by atoms with Gasteiger partial charge in [-0.2, -0.15) is 0 Å². The van der Waals surface area contributed by atoms with E-state index in [1.54, 1.807) is 18.2 Å². The van der Waals surface area contributed by atoms with E-state index >= 15 is 0 Å². The van der Waals surface area contributed by atoms with Gasteiger partial charge in [0.1, 0.15) is 12.6 Å². The lowest BCUT2D eigenvalue weighted by Gasteiger charge is -2.20. The van der Waals surface area contributed by atoms with E-state index < -0.39 is 4.92 Å². The number of carbonyl (C=O) groups is 1. The molecule has 2 aromatic carbocycles. The van der Waals surface area contributed by atoms with Crippen molar-refractivity contribution >= 4 is 17.7 Å². The van der Waals surface area contributed by atoms with Crippen molar-refractivity contribution in [3.8, 4) is 0 Å². The maximum absolute atomic E-state index is 12.3. The van der Waals surface area contributed by atoms with E-state index in [2.05, 4.69) is 5.32 Å². The first kappa shape index (κ1) is 18.4. The zero-order valence-electron chi connectivity index (χ0n) is 14.3. The van der Waals surface area contributed by atoms with Crippen LogP contribution in [0.4, 0.5) is 5.69 Å². The Labute approximate surface area is 146 Å². The van der Waals surface area contributed by atoms with Crippen LogP contribution in [0.2, 0.25) is 0 Å². The van der Waals surface area contributed by atoms with Crippen molar-refractivity contribution in [3.63, 3.8) is 0 Å². The van der Waals surface area contributed by atoms with Crippen LogP contribution >= 0.6 is 0 Å². The van der Waals surface area contributed by atoms with Crippen molar-refractivity contribution in [3.05, 3.63) is 81.9 Å². The molecule has 130 valence electrons. The molecular formula is C19H22N3O3+. The molecule has 0 saturated heterocycles. The number of hydrogen-bond donors (Lipinski definition) is 2. The van der Waals surface area contributed by atoms with Crippen LogP contribution in [-0.4, -0.2) is 31.5 Å². The highest BCUT2D eigenvalue weighted by Gasteiger charge is 2.16. The number of nitro groups is 1. The van der Waals surface area contributed by atoms with E-state index in [-0.39, 0.29) is 17.6 Å². The van der Waals surface area contributed by atoms with Crippen LogP contribution in [0.25, 0.3) is 6.08 Å². The minimum Gasteiger partial charge on any atom is -0.340 e. The predicted molar refractivity (Wildman–Crippen MR) is 97.1 cm³/mol. The standard InChI is InChI=1S/C19H21N3O3/c1-21(2)14-18(16-8-4-3-5-9-16)20-19(23)12-11-15-7-6-10-17(13-15)22(24)25/h3-13,18H,14H2,1-2H3,(H,20,23)/p+1/b12-11+/t18-/m1/s1. The summed E-state index contributed by atoms with van der Waals surface area (Å²) >= 11 is 0. The molecule has 0 unspecified atom stereocenters. The Morgan fingerprint density at radius 1 is 1.20 bits per heavy atom. The van der Waals surface area contributed by atoms with Crippen LogP contribution in [0.1, 0.15) is 17.2 Å². The maximum atomic E-state index is 12.3. The Kier molecular flexibility index (Phi) is 6.42. The van der Waals surface area contributed by atoms with E-state index in [4.69, 9.17) is 0 Å². The first-order valence-corrected chi connectivity index (χ1v) is 8.02. The second-order valence-corrected chi connectivity index (χ2v) is 6.07. The second kappa shape index (κ2) is 8.75. The Morgan fingerprint density at radius 2 is 1.92 bits per heavy atom. The largest absolute Gasteiger partial charge is 0.340 e. The van der Waals surface area contributed by atoms with Gasteiger partial charge in [0, 0.05) is 18.2 Å². The molecule has 0 aliphatic heterocycles. The molecule has 25 heavy (non-hydrogen) atoms. The molecular weight excluding hydrogens is 318 g/mol. The summed E-state index contributed by atoms with van der Waals surface area (Å²) in [6, 6.07) is 15.9. The van der Waals surface area contributed by atoms with Gasteiger partial charge in [0.15, 0.2) is 0 Å². The topological polar surface area (TPSA) is 76.7 Å². The van der Waals surface area contributed by atoms with Gasteiger partial charge in [0.2, 0.25) is 5.91 Å². The molecule has 0 radical (unpaired) electrons. The van der Waals surface area contributed by atoms with Crippen molar-refractivity contribution in [2.45, 2.75) is 6.04 Å². The third-order valence-electron chi connectivity index (χ3n) is 3.64. The molecule has 2 aromatic rings. The molecule has 1 atom stereocenters. The summed E-state index contributed by atoms with van der Waals surface area (Å²) in [6.45, 7) is 0.750. The predicted octanol–water partition coefficient (Wildman–Crippen LogP) is 1.61. The summed E-state index contributed by atoms with van der Waals surface area (Å²) in [5, 5.41) is 13.8. The van der Waals surface area contributed by atoms with Crippen LogP contribution < -0.4 is 10.2 Å².